The van der Waals surface area contributed by atoms with Crippen molar-refractivity contribution in [2.75, 3.05) is 5.73 Å². The van der Waals surface area contributed by atoms with E-state index in [1.165, 1.54) is 5.57 Å². The molecule has 6 heteroatoms. The Morgan fingerprint density at radius 2 is 2.38 bits per heavy atom. The molecule has 16 heavy (non-hydrogen) atoms. The van der Waals surface area contributed by atoms with Crippen LogP contribution in [0.15, 0.2) is 22.8 Å². The average molecular weight is 219 g/mol. The number of hydrogen-bond acceptors (Lipinski definition) is 4. The number of nitrogen functional groups attached to an aromatic ring is 1. The topological polar surface area (TPSA) is 89.6 Å². The lowest BCUT2D eigenvalue weighted by Gasteiger charge is -1.99. The van der Waals surface area contributed by atoms with Gasteiger partial charge >= 0.3 is 5.69 Å². The zero-order chi connectivity index (χ0) is 11.7. The molecule has 0 fully saturated rings. The van der Waals surface area contributed by atoms with Crippen molar-refractivity contribution in [3.63, 3.8) is 0 Å². The summed E-state index contributed by atoms with van der Waals surface area (Å²) in [5.41, 5.74) is 7.42. The quantitative estimate of drug-likeness (QED) is 0.726. The Morgan fingerprint density at radius 3 is 3.06 bits per heavy atom. The SMILES string of the molecule is CC(C)=CCn1cnc2c(N)[nH]c(=O)nc21. The van der Waals surface area contributed by atoms with Crippen LogP contribution in [0.1, 0.15) is 13.8 Å². The number of aromatic amines is 1. The molecule has 0 saturated carbocycles. The Kier molecular flexibility index (Phi) is 2.47. The summed E-state index contributed by atoms with van der Waals surface area (Å²) in [6.07, 6.45) is 3.65. The molecule has 0 saturated heterocycles. The lowest BCUT2D eigenvalue weighted by molar-refractivity contribution is 0.827. The third-order valence-electron chi connectivity index (χ3n) is 2.21. The highest BCUT2D eigenvalue weighted by Gasteiger charge is 2.07. The molecule has 3 N–H and O–H groups in total. The van der Waals surface area contributed by atoms with Crippen molar-refractivity contribution < 1.29 is 0 Å². The monoisotopic (exact) mass is 219 g/mol. The lowest BCUT2D eigenvalue weighted by Crippen LogP contribution is -2.14. The van der Waals surface area contributed by atoms with Crippen LogP contribution in [0.2, 0.25) is 0 Å². The van der Waals surface area contributed by atoms with Crippen molar-refractivity contribution in [1.29, 1.82) is 0 Å². The normalized spacial score (nSPS) is 10.6. The number of imidazole rings is 1. The molecule has 2 rings (SSSR count). The van der Waals surface area contributed by atoms with E-state index < -0.39 is 5.69 Å². The van der Waals surface area contributed by atoms with E-state index in [-0.39, 0.29) is 5.82 Å². The van der Waals surface area contributed by atoms with Crippen LogP contribution in [-0.2, 0) is 6.54 Å². The number of nitrogens with one attached hydrogen (secondary N) is 1. The van der Waals surface area contributed by atoms with Crippen molar-refractivity contribution in [3.8, 4) is 0 Å². The molecule has 84 valence electrons. The first kappa shape index (κ1) is 10.4. The number of aromatic nitrogens is 4. The molecule has 0 aliphatic carbocycles. The van der Waals surface area contributed by atoms with Crippen molar-refractivity contribution in [2.24, 2.45) is 0 Å². The van der Waals surface area contributed by atoms with Gasteiger partial charge in [-0.1, -0.05) is 11.6 Å². The summed E-state index contributed by atoms with van der Waals surface area (Å²) in [7, 11) is 0. The summed E-state index contributed by atoms with van der Waals surface area (Å²) < 4.78 is 1.79. The molecule has 0 aliphatic heterocycles. The maximum atomic E-state index is 11.2. The van der Waals surface area contributed by atoms with Gasteiger partial charge in [0.1, 0.15) is 11.3 Å². The summed E-state index contributed by atoms with van der Waals surface area (Å²) >= 11 is 0. The summed E-state index contributed by atoms with van der Waals surface area (Å²) in [4.78, 5) is 21.6. The maximum absolute atomic E-state index is 11.2. The number of rotatable bonds is 2. The number of allylic oxidation sites excluding steroid dienone is 2. The molecule has 6 nitrogen and oxygen atoms in total. The fraction of sp³-hybridized carbons (Fsp3) is 0.300. The largest absolute Gasteiger partial charge is 0.383 e. The van der Waals surface area contributed by atoms with E-state index in [1.807, 2.05) is 19.9 Å². The molecule has 0 amide bonds. The molecule has 0 spiro atoms. The van der Waals surface area contributed by atoms with Crippen LogP contribution in [-0.4, -0.2) is 19.5 Å². The second kappa shape index (κ2) is 3.80. The van der Waals surface area contributed by atoms with E-state index >= 15 is 0 Å². The Bertz CT molecular complexity index is 603. The molecule has 0 aliphatic rings. The second-order valence-corrected chi connectivity index (χ2v) is 3.81. The predicted octanol–water partition coefficient (Wildman–Crippen LogP) is 0.668. The first-order valence-corrected chi connectivity index (χ1v) is 4.92. The Balaban J connectivity index is 2.56. The van der Waals surface area contributed by atoms with Gasteiger partial charge in [0.2, 0.25) is 0 Å². The summed E-state index contributed by atoms with van der Waals surface area (Å²) in [5, 5.41) is 0. The second-order valence-electron chi connectivity index (χ2n) is 3.81. The number of nitrogens with zero attached hydrogens (tertiary/aromatic N) is 3. The van der Waals surface area contributed by atoms with Crippen molar-refractivity contribution in [2.45, 2.75) is 20.4 Å². The summed E-state index contributed by atoms with van der Waals surface area (Å²) in [6, 6.07) is 0. The summed E-state index contributed by atoms with van der Waals surface area (Å²) in [5.74, 6) is 0.256. The van der Waals surface area contributed by atoms with E-state index in [2.05, 4.69) is 15.0 Å². The van der Waals surface area contributed by atoms with Gasteiger partial charge in [0.25, 0.3) is 0 Å². The van der Waals surface area contributed by atoms with E-state index in [1.54, 1.807) is 10.9 Å². The van der Waals surface area contributed by atoms with Gasteiger partial charge in [0.15, 0.2) is 5.65 Å². The molecule has 2 heterocycles. The van der Waals surface area contributed by atoms with Gasteiger partial charge in [-0.25, -0.2) is 9.78 Å². The van der Waals surface area contributed by atoms with Gasteiger partial charge in [-0.15, -0.1) is 0 Å². The number of fused-ring (bicyclic) bond motifs is 1. The van der Waals surface area contributed by atoms with Crippen molar-refractivity contribution in [1.82, 2.24) is 19.5 Å². The zero-order valence-electron chi connectivity index (χ0n) is 9.19. The zero-order valence-corrected chi connectivity index (χ0v) is 9.19. The number of hydrogen-bond donors (Lipinski definition) is 2. The predicted molar refractivity (Wildman–Crippen MR) is 62.0 cm³/mol. The minimum Gasteiger partial charge on any atom is -0.383 e. The molecule has 2 aromatic rings. The molecule has 2 aromatic heterocycles. The van der Waals surface area contributed by atoms with E-state index in [0.29, 0.717) is 17.7 Å². The Labute approximate surface area is 91.8 Å². The lowest BCUT2D eigenvalue weighted by atomic mass is 10.3. The third-order valence-corrected chi connectivity index (χ3v) is 2.21. The van der Waals surface area contributed by atoms with Crippen LogP contribution in [0.4, 0.5) is 5.82 Å². The number of anilines is 1. The van der Waals surface area contributed by atoms with E-state index in [0.717, 1.165) is 0 Å². The molecule has 0 unspecified atom stereocenters. The van der Waals surface area contributed by atoms with Gasteiger partial charge in [0, 0.05) is 6.54 Å². The Morgan fingerprint density at radius 1 is 1.62 bits per heavy atom. The van der Waals surface area contributed by atoms with E-state index in [4.69, 9.17) is 5.73 Å². The minimum atomic E-state index is -0.455. The van der Waals surface area contributed by atoms with Gasteiger partial charge < -0.3 is 10.3 Å². The molecular weight excluding hydrogens is 206 g/mol. The van der Waals surface area contributed by atoms with Crippen LogP contribution in [0.25, 0.3) is 11.2 Å². The van der Waals surface area contributed by atoms with Crippen LogP contribution in [0, 0.1) is 0 Å². The van der Waals surface area contributed by atoms with Crippen molar-refractivity contribution >= 4 is 17.0 Å². The van der Waals surface area contributed by atoms with Crippen LogP contribution in [0.3, 0.4) is 0 Å². The summed E-state index contributed by atoms with van der Waals surface area (Å²) in [6.45, 7) is 4.65. The van der Waals surface area contributed by atoms with Gasteiger partial charge in [0.05, 0.1) is 6.33 Å². The van der Waals surface area contributed by atoms with E-state index in [9.17, 15) is 4.79 Å². The standard InChI is InChI=1S/C10H13N5O/c1-6(2)3-4-15-5-12-7-8(11)13-10(16)14-9(7)15/h3,5H,4H2,1-2H3,(H3,11,13,14,16). The first-order valence-electron chi connectivity index (χ1n) is 4.92. The van der Waals surface area contributed by atoms with Crippen molar-refractivity contribution in [3.05, 3.63) is 28.5 Å². The van der Waals surface area contributed by atoms with Gasteiger partial charge in [-0.3, -0.25) is 4.98 Å². The average Bonchev–Trinajstić information content (AvgIpc) is 2.58. The third kappa shape index (κ3) is 1.81. The van der Waals surface area contributed by atoms with Gasteiger partial charge in [-0.05, 0) is 13.8 Å². The van der Waals surface area contributed by atoms with Gasteiger partial charge in [-0.2, -0.15) is 4.98 Å². The molecule has 0 bridgehead atoms. The Hall–Kier alpha value is -2.11. The van der Waals surface area contributed by atoms with Crippen LogP contribution in [0.5, 0.6) is 0 Å². The first-order chi connectivity index (χ1) is 7.58. The van der Waals surface area contributed by atoms with Crippen LogP contribution < -0.4 is 11.4 Å². The number of nitrogens with two attached hydrogens (primary N) is 1. The fourth-order valence-corrected chi connectivity index (χ4v) is 1.40. The number of H-pyrrole nitrogens is 1. The minimum absolute atomic E-state index is 0.256. The maximum Gasteiger partial charge on any atom is 0.348 e. The highest BCUT2D eigenvalue weighted by Crippen LogP contribution is 2.12. The molecule has 0 atom stereocenters. The highest BCUT2D eigenvalue weighted by molar-refractivity contribution is 5.81. The molecule has 0 radical (unpaired) electrons. The smallest absolute Gasteiger partial charge is 0.348 e. The molecule has 0 aromatic carbocycles. The fourth-order valence-electron chi connectivity index (χ4n) is 1.40. The highest BCUT2D eigenvalue weighted by atomic mass is 16.1. The van der Waals surface area contributed by atoms with Crippen LogP contribution >= 0.6 is 0 Å². The molecular formula is C10H13N5O.